The standard InChI is InChI=1S/C56H82FNO5S2/c1-3-5-7-9-10-11-12-13-14-15-16-17-18-21-24-27-31-38-53(59)63-51(36-29-8-6-4-2)37-30-26-23-20-19-22-25-28-32-43-62-55(61)49-41-39-47(40-42-49)45-52-54(60)58(56(64)65-52)46-48-34-33-35-50(57)44-48/h10-11,13-14,26,30,33-35,39-42,44,51-52H,3-9,12,15-25,27-29,31-32,36-38,43,45-46H2,1-2H3/b11-10-,14-13-,30-26-/t51-,52?/m1/s1. The van der Waals surface area contributed by atoms with Crippen molar-refractivity contribution in [3.05, 3.63) is 107 Å². The lowest BCUT2D eigenvalue weighted by molar-refractivity contribution is -0.149. The van der Waals surface area contributed by atoms with E-state index in [2.05, 4.69) is 50.3 Å². The molecule has 0 aromatic heterocycles. The van der Waals surface area contributed by atoms with Crippen molar-refractivity contribution in [2.45, 2.75) is 212 Å². The Hall–Kier alpha value is -3.56. The van der Waals surface area contributed by atoms with E-state index in [0.29, 0.717) is 34.9 Å². The Kier molecular flexibility index (Phi) is 31.4. The second-order valence-corrected chi connectivity index (χ2v) is 19.6. The molecule has 0 bridgehead atoms. The molecule has 360 valence electrons. The lowest BCUT2D eigenvalue weighted by Gasteiger charge is -2.16. The molecule has 0 saturated carbocycles. The molecule has 2 aromatic carbocycles. The minimum Gasteiger partial charge on any atom is -0.462 e. The number of unbranched alkanes of at least 4 members (excludes halogenated alkanes) is 19. The quantitative estimate of drug-likeness (QED) is 0.0287. The molecule has 9 heteroatoms. The highest BCUT2D eigenvalue weighted by Crippen LogP contribution is 2.31. The molecule has 1 aliphatic heterocycles. The third kappa shape index (κ3) is 26.4. The van der Waals surface area contributed by atoms with Crippen LogP contribution in [-0.4, -0.2) is 45.0 Å². The number of nitrogens with zero attached hydrogens (tertiary/aromatic N) is 1. The number of hydrogen-bond acceptors (Lipinski definition) is 7. The molecule has 2 aromatic rings. The Balaban J connectivity index is 1.17. The van der Waals surface area contributed by atoms with Crippen LogP contribution in [-0.2, 0) is 32.0 Å². The number of carbonyl (C=O) groups is 3. The summed E-state index contributed by atoms with van der Waals surface area (Å²) in [5, 5.41) is -0.350. The highest BCUT2D eigenvalue weighted by molar-refractivity contribution is 8.24. The van der Waals surface area contributed by atoms with E-state index in [0.717, 1.165) is 82.6 Å². The molecule has 3 rings (SSSR count). The summed E-state index contributed by atoms with van der Waals surface area (Å²) in [4.78, 5) is 40.0. The van der Waals surface area contributed by atoms with E-state index in [1.807, 2.05) is 12.1 Å². The minimum atomic E-state index is -0.350. The van der Waals surface area contributed by atoms with Gasteiger partial charge in [0.2, 0.25) is 5.91 Å². The van der Waals surface area contributed by atoms with Gasteiger partial charge in [-0.15, -0.1) is 0 Å². The van der Waals surface area contributed by atoms with Crippen LogP contribution in [0.2, 0.25) is 0 Å². The van der Waals surface area contributed by atoms with Crippen molar-refractivity contribution in [2.24, 2.45) is 0 Å². The number of hydrogen-bond donors (Lipinski definition) is 0. The summed E-state index contributed by atoms with van der Waals surface area (Å²) in [5.74, 6) is -0.786. The van der Waals surface area contributed by atoms with E-state index < -0.39 is 0 Å². The first-order chi connectivity index (χ1) is 31.8. The fourth-order valence-electron chi connectivity index (χ4n) is 7.97. The van der Waals surface area contributed by atoms with Gasteiger partial charge in [0.05, 0.1) is 24.0 Å². The zero-order valence-electron chi connectivity index (χ0n) is 40.1. The van der Waals surface area contributed by atoms with Gasteiger partial charge in [0.15, 0.2) is 0 Å². The molecule has 0 N–H and O–H groups in total. The van der Waals surface area contributed by atoms with Gasteiger partial charge in [-0.25, -0.2) is 9.18 Å². The molecule has 0 aliphatic carbocycles. The van der Waals surface area contributed by atoms with E-state index in [-0.39, 0.29) is 41.6 Å². The van der Waals surface area contributed by atoms with E-state index in [9.17, 15) is 18.8 Å². The van der Waals surface area contributed by atoms with Crippen LogP contribution >= 0.6 is 24.0 Å². The molecule has 0 spiro atoms. The first-order valence-electron chi connectivity index (χ1n) is 25.5. The predicted molar refractivity (Wildman–Crippen MR) is 275 cm³/mol. The Bertz CT molecular complexity index is 1710. The first kappa shape index (κ1) is 55.8. The maximum Gasteiger partial charge on any atom is 0.338 e. The van der Waals surface area contributed by atoms with Gasteiger partial charge in [-0.3, -0.25) is 14.5 Å². The SMILES string of the molecule is CCCCC/C=C\C/C=C\CCCCCCCCCC(=O)O[C@@H](C/C=C\CCCCCCCCOC(=O)c1ccc(CC2SC(=S)N(Cc3cccc(F)c3)C2=O)cc1)CCCCCC. The van der Waals surface area contributed by atoms with Gasteiger partial charge in [-0.1, -0.05) is 188 Å². The van der Waals surface area contributed by atoms with E-state index in [1.165, 1.54) is 114 Å². The maximum atomic E-state index is 13.6. The molecule has 1 heterocycles. The van der Waals surface area contributed by atoms with Crippen molar-refractivity contribution in [1.82, 2.24) is 4.90 Å². The number of esters is 2. The van der Waals surface area contributed by atoms with Gasteiger partial charge in [0, 0.05) is 12.8 Å². The average Bonchev–Trinajstić information content (AvgIpc) is 3.56. The van der Waals surface area contributed by atoms with Gasteiger partial charge >= 0.3 is 11.9 Å². The van der Waals surface area contributed by atoms with Crippen molar-refractivity contribution in [1.29, 1.82) is 0 Å². The van der Waals surface area contributed by atoms with E-state index in [4.69, 9.17) is 21.7 Å². The van der Waals surface area contributed by atoms with Crippen LogP contribution < -0.4 is 0 Å². The molecular weight excluding hydrogens is 850 g/mol. The van der Waals surface area contributed by atoms with Crippen LogP contribution in [0, 0.1) is 5.82 Å². The molecular formula is C56H82FNO5S2. The van der Waals surface area contributed by atoms with Gasteiger partial charge in [-0.05, 0) is 112 Å². The minimum absolute atomic E-state index is 0.0133. The summed E-state index contributed by atoms with van der Waals surface area (Å²) in [5.41, 5.74) is 2.13. The topological polar surface area (TPSA) is 72.9 Å². The highest BCUT2D eigenvalue weighted by atomic mass is 32.2. The van der Waals surface area contributed by atoms with Gasteiger partial charge in [0.1, 0.15) is 16.2 Å². The summed E-state index contributed by atoms with van der Waals surface area (Å²) in [6, 6.07) is 13.4. The zero-order valence-corrected chi connectivity index (χ0v) is 41.8. The van der Waals surface area contributed by atoms with Crippen molar-refractivity contribution in [3.8, 4) is 0 Å². The smallest absolute Gasteiger partial charge is 0.338 e. The number of thiocarbonyl (C=S) groups is 1. The summed E-state index contributed by atoms with van der Waals surface area (Å²) in [6.45, 7) is 5.12. The van der Waals surface area contributed by atoms with Crippen molar-refractivity contribution in [2.75, 3.05) is 6.61 Å². The average molecular weight is 932 g/mol. The van der Waals surface area contributed by atoms with Gasteiger partial charge < -0.3 is 9.47 Å². The summed E-state index contributed by atoms with van der Waals surface area (Å²) in [6.07, 6.45) is 44.5. The maximum absolute atomic E-state index is 13.6. The second kappa shape index (κ2) is 36.5. The zero-order chi connectivity index (χ0) is 46.6. The monoisotopic (exact) mass is 932 g/mol. The van der Waals surface area contributed by atoms with Crippen LogP contribution in [0.4, 0.5) is 4.39 Å². The predicted octanol–water partition coefficient (Wildman–Crippen LogP) is 16.1. The van der Waals surface area contributed by atoms with Crippen LogP contribution in [0.1, 0.15) is 209 Å². The van der Waals surface area contributed by atoms with Crippen molar-refractivity contribution in [3.63, 3.8) is 0 Å². The number of thioether (sulfide) groups is 1. The normalized spacial score (nSPS) is 14.7. The molecule has 1 unspecified atom stereocenters. The number of benzene rings is 2. The largest absolute Gasteiger partial charge is 0.462 e. The Morgan fingerprint density at radius 2 is 1.29 bits per heavy atom. The molecule has 1 amide bonds. The van der Waals surface area contributed by atoms with E-state index >= 15 is 0 Å². The van der Waals surface area contributed by atoms with Gasteiger partial charge in [-0.2, -0.15) is 0 Å². The molecule has 1 saturated heterocycles. The van der Waals surface area contributed by atoms with Crippen LogP contribution in [0.25, 0.3) is 0 Å². The number of amides is 1. The van der Waals surface area contributed by atoms with Crippen LogP contribution in [0.15, 0.2) is 85.0 Å². The third-order valence-electron chi connectivity index (χ3n) is 11.9. The molecule has 1 aliphatic rings. The number of allylic oxidation sites excluding steroid dienone is 5. The number of carbonyl (C=O) groups excluding carboxylic acids is 3. The number of halogens is 1. The summed E-state index contributed by atoms with van der Waals surface area (Å²) in [7, 11) is 0. The molecule has 1 fully saturated rings. The third-order valence-corrected chi connectivity index (χ3v) is 13.5. The molecule has 65 heavy (non-hydrogen) atoms. The van der Waals surface area contributed by atoms with Crippen molar-refractivity contribution >= 4 is 46.1 Å². The van der Waals surface area contributed by atoms with Crippen LogP contribution in [0.5, 0.6) is 0 Å². The molecule has 2 atom stereocenters. The second-order valence-electron chi connectivity index (χ2n) is 17.7. The number of ether oxygens (including phenoxy) is 2. The van der Waals surface area contributed by atoms with E-state index in [1.54, 1.807) is 29.2 Å². The Morgan fingerprint density at radius 1 is 0.708 bits per heavy atom. The molecule has 0 radical (unpaired) electrons. The lowest BCUT2D eigenvalue weighted by Crippen LogP contribution is -2.31. The Labute approximate surface area is 403 Å². The first-order valence-corrected chi connectivity index (χ1v) is 26.8. The summed E-state index contributed by atoms with van der Waals surface area (Å²) < 4.78 is 25.7. The molecule has 6 nitrogen and oxygen atoms in total. The fourth-order valence-corrected chi connectivity index (χ4v) is 9.50. The number of rotatable bonds is 38. The van der Waals surface area contributed by atoms with Gasteiger partial charge in [0.25, 0.3) is 0 Å². The summed E-state index contributed by atoms with van der Waals surface area (Å²) >= 11 is 6.81. The Morgan fingerprint density at radius 3 is 1.95 bits per heavy atom. The van der Waals surface area contributed by atoms with Crippen molar-refractivity contribution < 1.29 is 28.2 Å². The highest BCUT2D eigenvalue weighted by Gasteiger charge is 2.36. The van der Waals surface area contributed by atoms with Crippen LogP contribution in [0.3, 0.4) is 0 Å². The lowest BCUT2D eigenvalue weighted by atomic mass is 10.1. The fraction of sp³-hybridized carbons (Fsp3) is 0.607.